The van der Waals surface area contributed by atoms with E-state index in [1.807, 2.05) is 12.1 Å². The van der Waals surface area contributed by atoms with Gasteiger partial charge in [0.15, 0.2) is 0 Å². The summed E-state index contributed by atoms with van der Waals surface area (Å²) in [6.45, 7) is 0. The van der Waals surface area contributed by atoms with Crippen LogP contribution in [-0.2, 0) is 6.42 Å². The molecule has 0 amide bonds. The van der Waals surface area contributed by atoms with E-state index in [2.05, 4.69) is 12.1 Å². The number of halogens is 2. The Balaban J connectivity index is 1.98. The lowest BCUT2D eigenvalue weighted by molar-refractivity contribution is 0.364. The number of hydrogen-bond acceptors (Lipinski definition) is 0. The van der Waals surface area contributed by atoms with Crippen LogP contribution in [0.1, 0.15) is 31.2 Å². The van der Waals surface area contributed by atoms with E-state index < -0.39 is 0 Å². The minimum atomic E-state index is 0.370. The number of rotatable bonds is 2. The van der Waals surface area contributed by atoms with E-state index in [1.165, 1.54) is 31.2 Å². The minimum absolute atomic E-state index is 0.370. The molecule has 0 heterocycles. The Morgan fingerprint density at radius 2 is 1.73 bits per heavy atom. The summed E-state index contributed by atoms with van der Waals surface area (Å²) >= 11 is 12.2. The molecule has 0 radical (unpaired) electrons. The van der Waals surface area contributed by atoms with Gasteiger partial charge in [-0.1, -0.05) is 36.6 Å². The summed E-state index contributed by atoms with van der Waals surface area (Å²) in [5.41, 5.74) is 1.36. The van der Waals surface area contributed by atoms with Crippen molar-refractivity contribution in [3.8, 4) is 0 Å². The molecule has 0 N–H and O–H groups in total. The van der Waals surface area contributed by atoms with Crippen molar-refractivity contribution in [2.24, 2.45) is 5.92 Å². The van der Waals surface area contributed by atoms with E-state index in [4.69, 9.17) is 23.2 Å². The van der Waals surface area contributed by atoms with Crippen LogP contribution in [0.4, 0.5) is 0 Å². The van der Waals surface area contributed by atoms with Gasteiger partial charge in [0, 0.05) is 10.4 Å². The van der Waals surface area contributed by atoms with E-state index in [-0.39, 0.29) is 0 Å². The molecule has 2 atom stereocenters. The Bertz CT molecular complexity index is 305. The molecule has 1 aromatic carbocycles. The Morgan fingerprint density at radius 3 is 2.40 bits per heavy atom. The predicted octanol–water partition coefficient (Wildman–Crippen LogP) is 4.68. The highest BCUT2D eigenvalue weighted by atomic mass is 35.5. The molecule has 15 heavy (non-hydrogen) atoms. The average Bonchev–Trinajstić information content (AvgIpc) is 2.25. The van der Waals surface area contributed by atoms with Crippen LogP contribution in [0, 0.1) is 5.92 Å². The lowest BCUT2D eigenvalue weighted by Crippen LogP contribution is -2.21. The molecule has 0 spiro atoms. The second kappa shape index (κ2) is 5.23. The van der Waals surface area contributed by atoms with Gasteiger partial charge in [-0.2, -0.15) is 0 Å². The molecule has 0 aromatic heterocycles. The molecule has 1 aromatic rings. The van der Waals surface area contributed by atoms with Crippen molar-refractivity contribution in [1.29, 1.82) is 0 Å². The van der Waals surface area contributed by atoms with Gasteiger partial charge in [0.05, 0.1) is 0 Å². The standard InChI is InChI=1S/C13H16Cl2/c14-12-7-5-10(6-8-12)9-11-3-1-2-4-13(11)15/h5-8,11,13H,1-4,9H2. The largest absolute Gasteiger partial charge is 0.123 e. The second-order valence-electron chi connectivity index (χ2n) is 4.39. The number of hydrogen-bond donors (Lipinski definition) is 0. The fraction of sp³-hybridized carbons (Fsp3) is 0.538. The summed E-state index contributed by atoms with van der Waals surface area (Å²) in [7, 11) is 0. The molecule has 0 bridgehead atoms. The molecule has 1 fully saturated rings. The van der Waals surface area contributed by atoms with Gasteiger partial charge in [-0.15, -0.1) is 11.6 Å². The van der Waals surface area contributed by atoms with Crippen molar-refractivity contribution >= 4 is 23.2 Å². The van der Waals surface area contributed by atoms with Crippen LogP contribution >= 0.6 is 23.2 Å². The van der Waals surface area contributed by atoms with Gasteiger partial charge < -0.3 is 0 Å². The van der Waals surface area contributed by atoms with E-state index in [0.29, 0.717) is 11.3 Å². The predicted molar refractivity (Wildman–Crippen MR) is 66.8 cm³/mol. The van der Waals surface area contributed by atoms with Crippen LogP contribution in [0.3, 0.4) is 0 Å². The normalized spacial score (nSPS) is 26.5. The molecular formula is C13H16Cl2. The topological polar surface area (TPSA) is 0 Å². The maximum absolute atomic E-state index is 6.34. The summed E-state index contributed by atoms with van der Waals surface area (Å²) in [5.74, 6) is 0.654. The maximum Gasteiger partial charge on any atom is 0.0406 e. The number of benzene rings is 1. The fourth-order valence-corrected chi connectivity index (χ4v) is 2.81. The highest BCUT2D eigenvalue weighted by Gasteiger charge is 2.22. The van der Waals surface area contributed by atoms with Crippen LogP contribution < -0.4 is 0 Å². The van der Waals surface area contributed by atoms with Gasteiger partial charge in [-0.05, 0) is 42.9 Å². The van der Waals surface area contributed by atoms with Gasteiger partial charge in [-0.25, -0.2) is 0 Å². The van der Waals surface area contributed by atoms with Crippen LogP contribution in [0.15, 0.2) is 24.3 Å². The quantitative estimate of drug-likeness (QED) is 0.661. The smallest absolute Gasteiger partial charge is 0.0406 e. The van der Waals surface area contributed by atoms with E-state index in [9.17, 15) is 0 Å². The Hall–Kier alpha value is -0.200. The third-order valence-electron chi connectivity index (χ3n) is 3.23. The molecule has 1 aliphatic carbocycles. The van der Waals surface area contributed by atoms with Crippen molar-refractivity contribution in [1.82, 2.24) is 0 Å². The molecule has 2 heteroatoms. The SMILES string of the molecule is Clc1ccc(CC2CCCCC2Cl)cc1. The zero-order valence-corrected chi connectivity index (χ0v) is 10.3. The fourth-order valence-electron chi connectivity index (χ4n) is 2.32. The molecule has 1 aliphatic rings. The second-order valence-corrected chi connectivity index (χ2v) is 5.39. The zero-order valence-electron chi connectivity index (χ0n) is 8.76. The van der Waals surface area contributed by atoms with Crippen molar-refractivity contribution in [2.75, 3.05) is 0 Å². The van der Waals surface area contributed by atoms with Gasteiger partial charge in [0.25, 0.3) is 0 Å². The van der Waals surface area contributed by atoms with Gasteiger partial charge in [0.1, 0.15) is 0 Å². The summed E-state index contributed by atoms with van der Waals surface area (Å²) in [6.07, 6.45) is 6.19. The molecule has 0 aliphatic heterocycles. The number of alkyl halides is 1. The Kier molecular flexibility index (Phi) is 3.93. The van der Waals surface area contributed by atoms with Crippen LogP contribution in [0.5, 0.6) is 0 Å². The highest BCUT2D eigenvalue weighted by molar-refractivity contribution is 6.30. The van der Waals surface area contributed by atoms with Crippen LogP contribution in [0.2, 0.25) is 5.02 Å². The molecule has 0 saturated heterocycles. The van der Waals surface area contributed by atoms with Crippen LogP contribution in [-0.4, -0.2) is 5.38 Å². The highest BCUT2D eigenvalue weighted by Crippen LogP contribution is 2.31. The summed E-state index contributed by atoms with van der Waals surface area (Å²) < 4.78 is 0. The van der Waals surface area contributed by atoms with Crippen molar-refractivity contribution in [2.45, 2.75) is 37.5 Å². The first-order valence-electron chi connectivity index (χ1n) is 5.64. The van der Waals surface area contributed by atoms with Gasteiger partial charge in [0.2, 0.25) is 0 Å². The van der Waals surface area contributed by atoms with E-state index in [1.54, 1.807) is 0 Å². The summed E-state index contributed by atoms with van der Waals surface area (Å²) in [5, 5.41) is 1.18. The first-order valence-corrected chi connectivity index (χ1v) is 6.45. The Morgan fingerprint density at radius 1 is 1.07 bits per heavy atom. The van der Waals surface area contributed by atoms with Gasteiger partial charge >= 0.3 is 0 Å². The van der Waals surface area contributed by atoms with Gasteiger partial charge in [-0.3, -0.25) is 0 Å². The van der Waals surface area contributed by atoms with Crippen molar-refractivity contribution in [3.63, 3.8) is 0 Å². The van der Waals surface area contributed by atoms with Crippen molar-refractivity contribution in [3.05, 3.63) is 34.9 Å². The zero-order chi connectivity index (χ0) is 10.7. The molecule has 2 unspecified atom stereocenters. The molecule has 82 valence electrons. The van der Waals surface area contributed by atoms with E-state index >= 15 is 0 Å². The maximum atomic E-state index is 6.34. The first kappa shape index (κ1) is 11.3. The summed E-state index contributed by atoms with van der Waals surface area (Å²) in [4.78, 5) is 0. The van der Waals surface area contributed by atoms with Crippen LogP contribution in [0.25, 0.3) is 0 Å². The molecule has 2 rings (SSSR count). The first-order chi connectivity index (χ1) is 7.25. The molecular weight excluding hydrogens is 227 g/mol. The molecule has 1 saturated carbocycles. The third-order valence-corrected chi connectivity index (χ3v) is 4.05. The monoisotopic (exact) mass is 242 g/mol. The lowest BCUT2D eigenvalue weighted by Gasteiger charge is -2.27. The average molecular weight is 243 g/mol. The Labute approximate surface area is 102 Å². The van der Waals surface area contributed by atoms with Crippen molar-refractivity contribution < 1.29 is 0 Å². The summed E-state index contributed by atoms with van der Waals surface area (Å²) in [6, 6.07) is 8.15. The third kappa shape index (κ3) is 3.12. The lowest BCUT2D eigenvalue weighted by atomic mass is 9.84. The molecule has 0 nitrogen and oxygen atoms in total. The van der Waals surface area contributed by atoms with E-state index in [0.717, 1.165) is 11.4 Å². The minimum Gasteiger partial charge on any atom is -0.123 e.